The molecule has 0 aliphatic heterocycles. The van der Waals surface area contributed by atoms with E-state index in [-0.39, 0.29) is 36.7 Å². The van der Waals surface area contributed by atoms with Crippen LogP contribution in [-0.2, 0) is 22.4 Å². The fraction of sp³-hybridized carbons (Fsp3) is 0.708. The van der Waals surface area contributed by atoms with E-state index in [2.05, 4.69) is 60.7 Å². The van der Waals surface area contributed by atoms with Crippen molar-refractivity contribution in [3.05, 3.63) is 71.8 Å². The van der Waals surface area contributed by atoms with E-state index in [1.165, 1.54) is 191 Å². The first-order chi connectivity index (χ1) is 25.6. The van der Waals surface area contributed by atoms with Crippen molar-refractivity contribution in [2.45, 2.75) is 218 Å². The summed E-state index contributed by atoms with van der Waals surface area (Å²) < 4.78 is 0. The first kappa shape index (κ1) is 51.2. The van der Waals surface area contributed by atoms with E-state index >= 15 is 0 Å². The zero-order valence-corrected chi connectivity index (χ0v) is 36.8. The van der Waals surface area contributed by atoms with Crippen molar-refractivity contribution in [3.8, 4) is 0 Å². The smallest absolute Gasteiger partial charge is 0.550 e. The maximum Gasteiger partial charge on any atom is 2.00 e. The van der Waals surface area contributed by atoms with Crippen LogP contribution in [0.25, 0.3) is 0 Å². The molecule has 0 aliphatic carbocycles. The number of benzene rings is 2. The van der Waals surface area contributed by atoms with Crippen molar-refractivity contribution in [2.75, 3.05) is 0 Å². The van der Waals surface area contributed by atoms with Crippen molar-refractivity contribution >= 4 is 35.8 Å². The van der Waals surface area contributed by atoms with Crippen LogP contribution in [-0.4, -0.2) is 35.8 Å². The second-order valence-electron chi connectivity index (χ2n) is 15.3. The molecule has 2 aromatic rings. The van der Waals surface area contributed by atoms with Gasteiger partial charge in [-0.05, 0) is 62.5 Å². The van der Waals surface area contributed by atoms with Gasteiger partial charge in [-0.2, -0.15) is 0 Å². The summed E-state index contributed by atoms with van der Waals surface area (Å²) in [5.41, 5.74) is 2.95. The quantitative estimate of drug-likeness (QED) is 0.0506. The maximum atomic E-state index is 10.3. The molecule has 2 radical (unpaired) electrons. The molecule has 0 N–H and O–H groups in total. The van der Waals surface area contributed by atoms with E-state index < -0.39 is 11.9 Å². The van der Waals surface area contributed by atoms with Crippen LogP contribution in [0, 0.1) is 0 Å². The average molecular weight is 838 g/mol. The Labute approximate surface area is 344 Å². The molecule has 5 heteroatoms. The fourth-order valence-corrected chi connectivity index (χ4v) is 7.08. The van der Waals surface area contributed by atoms with Crippen molar-refractivity contribution in [1.29, 1.82) is 0 Å². The molecule has 2 aromatic carbocycles. The second-order valence-corrected chi connectivity index (χ2v) is 15.3. The Balaban J connectivity index is 0.00000100. The minimum atomic E-state index is -0.905. The number of hydrogen-bond acceptors (Lipinski definition) is 4. The van der Waals surface area contributed by atoms with E-state index in [4.69, 9.17) is 0 Å². The molecule has 53 heavy (non-hydrogen) atoms. The molecule has 0 atom stereocenters. The summed E-state index contributed by atoms with van der Waals surface area (Å²) in [5, 5.41) is 20.6. The molecule has 2 rings (SSSR count). The minimum absolute atomic E-state index is 0. The van der Waals surface area contributed by atoms with Crippen molar-refractivity contribution in [2.24, 2.45) is 0 Å². The van der Waals surface area contributed by atoms with Crippen molar-refractivity contribution < 1.29 is 19.8 Å². The Morgan fingerprint density at radius 1 is 0.302 bits per heavy atom. The van der Waals surface area contributed by atoms with E-state index in [0.29, 0.717) is 0 Å². The maximum absolute atomic E-state index is 10.3. The topological polar surface area (TPSA) is 80.3 Å². The van der Waals surface area contributed by atoms with Crippen LogP contribution in [0.15, 0.2) is 60.7 Å². The SMILES string of the molecule is O=C([O-])CCCCCCCCCCCCCCCCCc1ccccc1.O=C([O-])CCCCCCCCCCCCCCCCCc1ccccc1.[Sn+2]. The van der Waals surface area contributed by atoms with E-state index in [9.17, 15) is 19.8 Å². The van der Waals surface area contributed by atoms with E-state index in [1.807, 2.05) is 0 Å². The summed E-state index contributed by atoms with van der Waals surface area (Å²) >= 11 is 0. The summed E-state index contributed by atoms with van der Waals surface area (Å²) in [6.45, 7) is 0. The standard InChI is InChI=1S/2C24H40O2.Sn/c2*25-24(26)22-18-13-11-9-7-5-3-1-2-4-6-8-10-12-15-19-23-20-16-14-17-21-23;/h2*14,16-17,20-21H,1-13,15,18-19,22H2,(H,25,26);/q;;+2/p-2. The Morgan fingerprint density at radius 2 is 0.491 bits per heavy atom. The van der Waals surface area contributed by atoms with Crippen LogP contribution in [0.4, 0.5) is 0 Å². The first-order valence-electron chi connectivity index (χ1n) is 22.1. The Hall–Kier alpha value is -1.82. The molecule has 0 aliphatic rings. The molecule has 0 saturated heterocycles. The van der Waals surface area contributed by atoms with Crippen LogP contribution < -0.4 is 10.2 Å². The normalized spacial score (nSPS) is 10.7. The number of aryl methyl sites for hydroxylation is 2. The molecule has 0 amide bonds. The van der Waals surface area contributed by atoms with Gasteiger partial charge in [-0.15, -0.1) is 0 Å². The van der Waals surface area contributed by atoms with Gasteiger partial charge in [-0.25, -0.2) is 0 Å². The molecule has 0 unspecified atom stereocenters. The van der Waals surface area contributed by atoms with Gasteiger partial charge in [0, 0.05) is 11.9 Å². The first-order valence-corrected chi connectivity index (χ1v) is 22.1. The van der Waals surface area contributed by atoms with E-state index in [0.717, 1.165) is 25.7 Å². The molecular weight excluding hydrogens is 759 g/mol. The number of carboxylic acids is 2. The molecule has 0 saturated carbocycles. The summed E-state index contributed by atoms with van der Waals surface area (Å²) in [4.78, 5) is 20.6. The van der Waals surface area contributed by atoms with Gasteiger partial charge < -0.3 is 19.8 Å². The van der Waals surface area contributed by atoms with Gasteiger partial charge in [0.15, 0.2) is 0 Å². The van der Waals surface area contributed by atoms with Crippen LogP contribution in [0.2, 0.25) is 0 Å². The fourth-order valence-electron chi connectivity index (χ4n) is 7.08. The number of rotatable bonds is 36. The minimum Gasteiger partial charge on any atom is -0.550 e. The number of unbranched alkanes of at least 4 members (excludes halogenated alkanes) is 28. The molecule has 4 nitrogen and oxygen atoms in total. The number of carbonyl (C=O) groups excluding carboxylic acids is 2. The molecule has 0 heterocycles. The van der Waals surface area contributed by atoms with Crippen LogP contribution in [0.5, 0.6) is 0 Å². The third-order valence-electron chi connectivity index (χ3n) is 10.4. The predicted octanol–water partition coefficient (Wildman–Crippen LogP) is 12.1. The van der Waals surface area contributed by atoms with Gasteiger partial charge >= 0.3 is 23.9 Å². The van der Waals surface area contributed by atoms with Gasteiger partial charge in [0.2, 0.25) is 0 Å². The number of carboxylic acid groups (broad SMARTS) is 2. The Kier molecular flexibility index (Phi) is 39.9. The molecule has 0 spiro atoms. The van der Waals surface area contributed by atoms with Crippen molar-refractivity contribution in [3.63, 3.8) is 0 Å². The molecule has 0 aromatic heterocycles. The molecular formula is C48H78O4Sn. The number of hydrogen-bond donors (Lipinski definition) is 0. The van der Waals surface area contributed by atoms with Gasteiger partial charge in [0.1, 0.15) is 0 Å². The van der Waals surface area contributed by atoms with Crippen molar-refractivity contribution in [1.82, 2.24) is 0 Å². The third-order valence-corrected chi connectivity index (χ3v) is 10.4. The van der Waals surface area contributed by atoms with Gasteiger partial charge in [0.05, 0.1) is 0 Å². The molecule has 0 bridgehead atoms. The van der Waals surface area contributed by atoms with Crippen LogP contribution >= 0.6 is 0 Å². The van der Waals surface area contributed by atoms with Crippen LogP contribution in [0.3, 0.4) is 0 Å². The van der Waals surface area contributed by atoms with E-state index in [1.54, 1.807) is 0 Å². The zero-order valence-electron chi connectivity index (χ0n) is 33.9. The van der Waals surface area contributed by atoms with Gasteiger partial charge in [-0.1, -0.05) is 228 Å². The Morgan fingerprint density at radius 3 is 0.698 bits per heavy atom. The largest absolute Gasteiger partial charge is 2.00 e. The summed E-state index contributed by atoms with van der Waals surface area (Å²) in [6, 6.07) is 21.7. The average Bonchev–Trinajstić information content (AvgIpc) is 3.15. The number of aliphatic carboxylic acids is 2. The van der Waals surface area contributed by atoms with Gasteiger partial charge in [0.25, 0.3) is 0 Å². The molecule has 0 fully saturated rings. The summed E-state index contributed by atoms with van der Waals surface area (Å²) in [5.74, 6) is -1.81. The second kappa shape index (κ2) is 41.3. The van der Waals surface area contributed by atoms with Crippen LogP contribution in [0.1, 0.15) is 217 Å². The monoisotopic (exact) mass is 838 g/mol. The predicted molar refractivity (Wildman–Crippen MR) is 224 cm³/mol. The zero-order chi connectivity index (χ0) is 37.4. The molecule has 298 valence electrons. The Bertz CT molecular complexity index is 945. The third kappa shape index (κ3) is 39.7. The summed E-state index contributed by atoms with van der Waals surface area (Å²) in [7, 11) is 0. The number of carbonyl (C=O) groups is 2. The van der Waals surface area contributed by atoms with Gasteiger partial charge in [-0.3, -0.25) is 0 Å². The summed E-state index contributed by atoms with van der Waals surface area (Å²) in [6.07, 6.45) is 41.7.